The highest BCUT2D eigenvalue weighted by molar-refractivity contribution is 5.68. The average molecular weight is 430 g/mol. The van der Waals surface area contributed by atoms with Gasteiger partial charge in [0.05, 0.1) is 23.9 Å². The molecule has 1 aromatic heterocycles. The number of hydrogen-bond acceptors (Lipinski definition) is 5. The molecule has 1 aliphatic carbocycles. The van der Waals surface area contributed by atoms with Crippen LogP contribution in [0.2, 0.25) is 0 Å². The van der Waals surface area contributed by atoms with Gasteiger partial charge >= 0.3 is 6.09 Å². The molecule has 0 bridgehead atoms. The summed E-state index contributed by atoms with van der Waals surface area (Å²) in [5.41, 5.74) is 1.11. The number of amides is 1. The van der Waals surface area contributed by atoms with Gasteiger partial charge in [-0.05, 0) is 64.9 Å². The smallest absolute Gasteiger partial charge is 0.410 e. The van der Waals surface area contributed by atoms with Gasteiger partial charge in [0.25, 0.3) is 0 Å². The molecular weight excluding hydrogens is 394 g/mol. The van der Waals surface area contributed by atoms with Crippen molar-refractivity contribution in [2.45, 2.75) is 82.8 Å². The third kappa shape index (κ3) is 4.27. The van der Waals surface area contributed by atoms with E-state index < -0.39 is 0 Å². The van der Waals surface area contributed by atoms with Crippen LogP contribution in [0.3, 0.4) is 0 Å². The van der Waals surface area contributed by atoms with E-state index in [9.17, 15) is 4.79 Å². The topological polar surface area (TPSA) is 72.4 Å². The van der Waals surface area contributed by atoms with Crippen molar-refractivity contribution in [2.75, 3.05) is 19.7 Å². The van der Waals surface area contributed by atoms with E-state index in [1.165, 1.54) is 5.57 Å². The van der Waals surface area contributed by atoms with Crippen LogP contribution >= 0.6 is 0 Å². The van der Waals surface area contributed by atoms with Gasteiger partial charge in [-0.15, -0.1) is 0 Å². The lowest BCUT2D eigenvalue weighted by atomic mass is 9.70. The molecular formula is C24H35N3O4. The number of allylic oxidation sites excluding steroid dienone is 1. The summed E-state index contributed by atoms with van der Waals surface area (Å²) in [6.07, 6.45) is 10.7. The maximum atomic E-state index is 12.7. The van der Waals surface area contributed by atoms with Gasteiger partial charge in [-0.3, -0.25) is 4.68 Å². The number of nitrogens with zero attached hydrogens (tertiary/aromatic N) is 3. The molecule has 1 aromatic rings. The number of hydrogen-bond donors (Lipinski definition) is 0. The third-order valence-corrected chi connectivity index (χ3v) is 7.76. The molecule has 7 heteroatoms. The number of epoxide rings is 2. The molecule has 31 heavy (non-hydrogen) atoms. The summed E-state index contributed by atoms with van der Waals surface area (Å²) >= 11 is 0. The van der Waals surface area contributed by atoms with E-state index in [4.69, 9.17) is 14.2 Å². The zero-order valence-corrected chi connectivity index (χ0v) is 19.0. The first-order chi connectivity index (χ1) is 14.9. The fraction of sp³-hybridized carbons (Fsp3) is 0.750. The number of ether oxygens (including phenoxy) is 3. The first-order valence-electron chi connectivity index (χ1n) is 11.8. The molecule has 3 unspecified atom stereocenters. The van der Waals surface area contributed by atoms with Crippen LogP contribution in [0.25, 0.3) is 0 Å². The molecule has 4 aliphatic rings. The van der Waals surface area contributed by atoms with Gasteiger partial charge in [-0.1, -0.05) is 11.6 Å². The molecule has 5 atom stereocenters. The van der Waals surface area contributed by atoms with Crippen molar-refractivity contribution in [1.29, 1.82) is 0 Å². The minimum atomic E-state index is -0.165. The van der Waals surface area contributed by atoms with E-state index in [1.807, 2.05) is 21.8 Å². The second-order valence-electron chi connectivity index (χ2n) is 10.3. The van der Waals surface area contributed by atoms with Crippen molar-refractivity contribution in [3.8, 4) is 0 Å². The summed E-state index contributed by atoms with van der Waals surface area (Å²) in [5, 5.41) is 4.24. The predicted octanol–water partition coefficient (Wildman–Crippen LogP) is 3.79. The molecule has 0 radical (unpaired) electrons. The maximum Gasteiger partial charge on any atom is 0.410 e. The summed E-state index contributed by atoms with van der Waals surface area (Å²) in [6, 6.07) is 1.94. The van der Waals surface area contributed by atoms with E-state index in [-0.39, 0.29) is 29.5 Å². The average Bonchev–Trinajstić information content (AvgIpc) is 3.54. The molecule has 0 aromatic carbocycles. The molecule has 4 heterocycles. The fourth-order valence-electron chi connectivity index (χ4n) is 5.55. The highest BCUT2D eigenvalue weighted by Gasteiger charge is 2.68. The number of carbonyl (C=O) groups excluding carboxylic acids is 1. The Balaban J connectivity index is 1.10. The molecule has 5 rings (SSSR count). The van der Waals surface area contributed by atoms with Crippen molar-refractivity contribution < 1.29 is 19.0 Å². The zero-order chi connectivity index (χ0) is 21.6. The van der Waals surface area contributed by atoms with E-state index in [1.54, 1.807) is 6.20 Å². The lowest BCUT2D eigenvalue weighted by molar-refractivity contribution is -0.0229. The Morgan fingerprint density at radius 2 is 2.16 bits per heavy atom. The maximum absolute atomic E-state index is 12.7. The van der Waals surface area contributed by atoms with E-state index in [2.05, 4.69) is 31.9 Å². The SMILES string of the molecule is CC(C)=CC[C@H]1O[C@]1(C)C1CC(OC(=O)N2CC(CCn3cccn3)C2)CCC12CO2. The van der Waals surface area contributed by atoms with Crippen LogP contribution in [0.1, 0.15) is 52.9 Å². The third-order valence-electron chi connectivity index (χ3n) is 7.76. The Bertz CT molecular complexity index is 824. The Morgan fingerprint density at radius 3 is 2.84 bits per heavy atom. The fourth-order valence-corrected chi connectivity index (χ4v) is 5.55. The number of aromatic nitrogens is 2. The summed E-state index contributed by atoms with van der Waals surface area (Å²) in [5.74, 6) is 0.828. The van der Waals surface area contributed by atoms with E-state index in [0.29, 0.717) is 11.8 Å². The van der Waals surface area contributed by atoms with E-state index in [0.717, 1.165) is 58.3 Å². The van der Waals surface area contributed by atoms with Crippen LogP contribution in [-0.4, -0.2) is 63.9 Å². The van der Waals surface area contributed by atoms with Crippen LogP contribution in [0.4, 0.5) is 4.79 Å². The molecule has 3 saturated heterocycles. The van der Waals surface area contributed by atoms with Crippen LogP contribution < -0.4 is 0 Å². The van der Waals surface area contributed by atoms with Gasteiger partial charge < -0.3 is 19.1 Å². The van der Waals surface area contributed by atoms with Crippen molar-refractivity contribution in [1.82, 2.24) is 14.7 Å². The van der Waals surface area contributed by atoms with Gasteiger partial charge in [-0.25, -0.2) is 4.79 Å². The molecule has 7 nitrogen and oxygen atoms in total. The van der Waals surface area contributed by atoms with E-state index >= 15 is 0 Å². The molecule has 3 aliphatic heterocycles. The first kappa shape index (κ1) is 21.0. The van der Waals surface area contributed by atoms with Gasteiger partial charge in [0, 0.05) is 37.9 Å². The summed E-state index contributed by atoms with van der Waals surface area (Å²) in [4.78, 5) is 14.5. The molecule has 170 valence electrons. The Labute approximate surface area is 184 Å². The lowest BCUT2D eigenvalue weighted by Crippen LogP contribution is -2.52. The monoisotopic (exact) mass is 429 g/mol. The van der Waals surface area contributed by atoms with Gasteiger partial charge in [0.1, 0.15) is 6.10 Å². The summed E-state index contributed by atoms with van der Waals surface area (Å²) < 4.78 is 20.0. The van der Waals surface area contributed by atoms with Crippen LogP contribution in [0.15, 0.2) is 30.1 Å². The van der Waals surface area contributed by atoms with Crippen LogP contribution in [-0.2, 0) is 20.8 Å². The van der Waals surface area contributed by atoms with Crippen LogP contribution in [0, 0.1) is 11.8 Å². The molecule has 0 N–H and O–H groups in total. The Kier molecular flexibility index (Phi) is 5.37. The van der Waals surface area contributed by atoms with Gasteiger partial charge in [0.15, 0.2) is 0 Å². The van der Waals surface area contributed by atoms with Crippen molar-refractivity contribution >= 4 is 6.09 Å². The quantitative estimate of drug-likeness (QED) is 0.487. The number of carbonyl (C=O) groups is 1. The molecule has 1 amide bonds. The van der Waals surface area contributed by atoms with Crippen molar-refractivity contribution in [3.63, 3.8) is 0 Å². The molecule has 1 spiro atoms. The number of aryl methyl sites for hydroxylation is 1. The number of likely N-dealkylation sites (tertiary alicyclic amines) is 1. The first-order valence-corrected chi connectivity index (χ1v) is 11.8. The predicted molar refractivity (Wildman–Crippen MR) is 116 cm³/mol. The summed E-state index contributed by atoms with van der Waals surface area (Å²) in [6.45, 7) is 9.76. The van der Waals surface area contributed by atoms with Gasteiger partial charge in [0.2, 0.25) is 0 Å². The minimum Gasteiger partial charge on any atom is -0.446 e. The largest absolute Gasteiger partial charge is 0.446 e. The number of rotatable bonds is 7. The minimum absolute atomic E-state index is 0.0411. The molecule has 4 fully saturated rings. The van der Waals surface area contributed by atoms with Gasteiger partial charge in [-0.2, -0.15) is 5.10 Å². The Morgan fingerprint density at radius 1 is 1.35 bits per heavy atom. The van der Waals surface area contributed by atoms with Crippen LogP contribution in [0.5, 0.6) is 0 Å². The lowest BCUT2D eigenvalue weighted by Gasteiger charge is -2.41. The second kappa shape index (κ2) is 7.93. The van der Waals surface area contributed by atoms with Crippen molar-refractivity contribution in [3.05, 3.63) is 30.1 Å². The standard InChI is InChI=1S/C24H35N3O4/c1-17(2)5-6-21-23(3,31-21)20-13-19(7-9-24(20)16-29-24)30-22(28)26-14-18(15-26)8-12-27-11-4-10-25-27/h4-5,10-11,18-21H,6-9,12-16H2,1-3H3/t19?,20?,21-,23-,24?/m1/s1. The Hall–Kier alpha value is -1.86. The summed E-state index contributed by atoms with van der Waals surface area (Å²) in [7, 11) is 0. The highest BCUT2D eigenvalue weighted by atomic mass is 16.6. The normalized spacial score (nSPS) is 36.7. The molecule has 1 saturated carbocycles. The zero-order valence-electron chi connectivity index (χ0n) is 19.0. The van der Waals surface area contributed by atoms with Crippen molar-refractivity contribution in [2.24, 2.45) is 11.8 Å². The highest BCUT2D eigenvalue weighted by Crippen LogP contribution is 2.59. The second-order valence-corrected chi connectivity index (χ2v) is 10.3.